The Kier molecular flexibility index (Phi) is 6.63. The maximum atomic E-state index is 11.2. The van der Waals surface area contributed by atoms with E-state index in [1.807, 2.05) is 0 Å². The Morgan fingerprint density at radius 2 is 2.06 bits per heavy atom. The van der Waals surface area contributed by atoms with E-state index in [9.17, 15) is 4.79 Å². The molecule has 0 aliphatic heterocycles. The zero-order valence-corrected chi connectivity index (χ0v) is 11.0. The van der Waals surface area contributed by atoms with Crippen LogP contribution in [-0.2, 0) is 0 Å². The summed E-state index contributed by atoms with van der Waals surface area (Å²) in [6.07, 6.45) is 12.6. The van der Waals surface area contributed by atoms with Gasteiger partial charge in [-0.3, -0.25) is 9.78 Å². The molecule has 0 saturated heterocycles. The average molecular weight is 247 g/mol. The van der Waals surface area contributed by atoms with Gasteiger partial charge >= 0.3 is 0 Å². The van der Waals surface area contributed by atoms with Crippen LogP contribution in [0.3, 0.4) is 0 Å². The van der Waals surface area contributed by atoms with Gasteiger partial charge in [0.25, 0.3) is 5.56 Å². The molecular formula is C14H21N3O. The van der Waals surface area contributed by atoms with E-state index in [1.54, 1.807) is 0 Å². The SMILES string of the molecule is C#Cc1cc(=O)[nH]c(NCCCCCCCC)n1. The first-order valence-electron chi connectivity index (χ1n) is 6.58. The zero-order chi connectivity index (χ0) is 13.2. The van der Waals surface area contributed by atoms with Crippen LogP contribution >= 0.6 is 0 Å². The van der Waals surface area contributed by atoms with E-state index in [4.69, 9.17) is 6.42 Å². The van der Waals surface area contributed by atoms with Crippen LogP contribution in [0.15, 0.2) is 10.9 Å². The normalized spacial score (nSPS) is 10.0. The lowest BCUT2D eigenvalue weighted by molar-refractivity contribution is 0.616. The highest BCUT2D eigenvalue weighted by atomic mass is 16.1. The fourth-order valence-electron chi connectivity index (χ4n) is 1.73. The first-order chi connectivity index (χ1) is 8.76. The number of anilines is 1. The predicted molar refractivity (Wildman–Crippen MR) is 74.7 cm³/mol. The Labute approximate surface area is 108 Å². The summed E-state index contributed by atoms with van der Waals surface area (Å²) in [6, 6.07) is 1.32. The molecule has 4 nitrogen and oxygen atoms in total. The van der Waals surface area contributed by atoms with Crippen LogP contribution in [0.5, 0.6) is 0 Å². The number of terminal acetylenes is 1. The second-order valence-corrected chi connectivity index (χ2v) is 4.32. The van der Waals surface area contributed by atoms with Gasteiger partial charge in [-0.05, 0) is 12.3 Å². The summed E-state index contributed by atoms with van der Waals surface area (Å²) < 4.78 is 0. The maximum absolute atomic E-state index is 11.2. The molecule has 0 bridgehead atoms. The van der Waals surface area contributed by atoms with Crippen LogP contribution < -0.4 is 10.9 Å². The monoisotopic (exact) mass is 247 g/mol. The molecule has 1 rings (SSSR count). The highest BCUT2D eigenvalue weighted by Gasteiger charge is 1.98. The number of rotatable bonds is 8. The minimum Gasteiger partial charge on any atom is -0.356 e. The number of H-pyrrole nitrogens is 1. The highest BCUT2D eigenvalue weighted by Crippen LogP contribution is 2.05. The van der Waals surface area contributed by atoms with E-state index in [2.05, 4.69) is 28.1 Å². The van der Waals surface area contributed by atoms with E-state index in [0.717, 1.165) is 13.0 Å². The van der Waals surface area contributed by atoms with E-state index in [0.29, 0.717) is 11.6 Å². The van der Waals surface area contributed by atoms with Gasteiger partial charge in [0.15, 0.2) is 0 Å². The predicted octanol–water partition coefficient (Wildman–Crippen LogP) is 2.52. The Balaban J connectivity index is 2.25. The van der Waals surface area contributed by atoms with Crippen molar-refractivity contribution in [3.05, 3.63) is 22.1 Å². The van der Waals surface area contributed by atoms with Crippen LogP contribution in [0.1, 0.15) is 51.1 Å². The van der Waals surface area contributed by atoms with Gasteiger partial charge in [0.2, 0.25) is 5.95 Å². The minimum atomic E-state index is -0.219. The molecule has 0 spiro atoms. The van der Waals surface area contributed by atoms with Gasteiger partial charge in [0.1, 0.15) is 5.69 Å². The van der Waals surface area contributed by atoms with Crippen LogP contribution in [0, 0.1) is 12.3 Å². The Morgan fingerprint density at radius 3 is 2.78 bits per heavy atom. The summed E-state index contributed by atoms with van der Waals surface area (Å²) in [5.74, 6) is 2.82. The topological polar surface area (TPSA) is 57.8 Å². The Hall–Kier alpha value is -1.76. The molecular weight excluding hydrogens is 226 g/mol. The second-order valence-electron chi connectivity index (χ2n) is 4.32. The van der Waals surface area contributed by atoms with E-state index < -0.39 is 0 Å². The molecule has 0 atom stereocenters. The summed E-state index contributed by atoms with van der Waals surface area (Å²) >= 11 is 0. The third kappa shape index (κ3) is 5.53. The first kappa shape index (κ1) is 14.3. The van der Waals surface area contributed by atoms with Crippen molar-refractivity contribution in [3.63, 3.8) is 0 Å². The van der Waals surface area contributed by atoms with Crippen LogP contribution in [0.25, 0.3) is 0 Å². The van der Waals surface area contributed by atoms with E-state index >= 15 is 0 Å². The van der Waals surface area contributed by atoms with E-state index in [-0.39, 0.29) is 5.56 Å². The van der Waals surface area contributed by atoms with Gasteiger partial charge in [-0.15, -0.1) is 6.42 Å². The van der Waals surface area contributed by atoms with Gasteiger partial charge in [0, 0.05) is 12.6 Å². The third-order valence-corrected chi connectivity index (χ3v) is 2.71. The molecule has 0 aromatic carbocycles. The number of hydrogen-bond donors (Lipinski definition) is 2. The minimum absolute atomic E-state index is 0.219. The molecule has 1 aromatic heterocycles. The second kappa shape index (κ2) is 8.35. The lowest BCUT2D eigenvalue weighted by Gasteiger charge is -2.05. The van der Waals surface area contributed by atoms with Crippen molar-refractivity contribution >= 4 is 5.95 Å². The average Bonchev–Trinajstić information content (AvgIpc) is 2.37. The molecule has 0 unspecified atom stereocenters. The highest BCUT2D eigenvalue weighted by molar-refractivity contribution is 5.31. The zero-order valence-electron chi connectivity index (χ0n) is 11.0. The van der Waals surface area contributed by atoms with Crippen molar-refractivity contribution in [1.82, 2.24) is 9.97 Å². The van der Waals surface area contributed by atoms with Crippen LogP contribution in [0.2, 0.25) is 0 Å². The van der Waals surface area contributed by atoms with Crippen molar-refractivity contribution in [2.24, 2.45) is 0 Å². The summed E-state index contributed by atoms with van der Waals surface area (Å²) in [6.45, 7) is 3.02. The number of hydrogen-bond acceptors (Lipinski definition) is 3. The molecule has 98 valence electrons. The Bertz CT molecular complexity index is 445. The molecule has 1 heterocycles. The molecule has 18 heavy (non-hydrogen) atoms. The lowest BCUT2D eigenvalue weighted by atomic mass is 10.1. The first-order valence-corrected chi connectivity index (χ1v) is 6.58. The van der Waals surface area contributed by atoms with Gasteiger partial charge in [0.05, 0.1) is 0 Å². The molecule has 1 aromatic rings. The molecule has 0 radical (unpaired) electrons. The molecule has 2 N–H and O–H groups in total. The van der Waals surface area contributed by atoms with Gasteiger partial charge < -0.3 is 5.32 Å². The molecule has 0 aliphatic carbocycles. The number of nitrogens with one attached hydrogen (secondary N) is 2. The molecule has 0 saturated carbocycles. The van der Waals surface area contributed by atoms with Crippen molar-refractivity contribution in [2.45, 2.75) is 45.4 Å². The number of nitrogens with zero attached hydrogens (tertiary/aromatic N) is 1. The summed E-state index contributed by atoms with van der Waals surface area (Å²) in [4.78, 5) is 18.0. The Morgan fingerprint density at radius 1 is 1.33 bits per heavy atom. The van der Waals surface area contributed by atoms with Gasteiger partial charge in [-0.25, -0.2) is 4.98 Å². The number of aromatic nitrogens is 2. The van der Waals surface area contributed by atoms with Crippen molar-refractivity contribution < 1.29 is 0 Å². The molecule has 0 fully saturated rings. The number of aromatic amines is 1. The molecule has 4 heteroatoms. The van der Waals surface area contributed by atoms with Crippen molar-refractivity contribution in [3.8, 4) is 12.3 Å². The summed E-state index contributed by atoms with van der Waals surface area (Å²) in [7, 11) is 0. The quantitative estimate of drug-likeness (QED) is 0.548. The summed E-state index contributed by atoms with van der Waals surface area (Å²) in [5, 5.41) is 3.09. The maximum Gasteiger partial charge on any atom is 0.253 e. The fraction of sp³-hybridized carbons (Fsp3) is 0.571. The standard InChI is InChI=1S/C14H21N3O/c1-3-5-6-7-8-9-10-15-14-16-12(4-2)11-13(18)17-14/h2,11H,3,5-10H2,1H3,(H2,15,16,17,18). The molecule has 0 amide bonds. The van der Waals surface area contributed by atoms with Gasteiger partial charge in [-0.2, -0.15) is 0 Å². The van der Waals surface area contributed by atoms with Crippen molar-refractivity contribution in [2.75, 3.05) is 11.9 Å². The van der Waals surface area contributed by atoms with Crippen molar-refractivity contribution in [1.29, 1.82) is 0 Å². The van der Waals surface area contributed by atoms with Crippen LogP contribution in [-0.4, -0.2) is 16.5 Å². The number of unbranched alkanes of at least 4 members (excludes halogenated alkanes) is 5. The van der Waals surface area contributed by atoms with Gasteiger partial charge in [-0.1, -0.05) is 39.0 Å². The summed E-state index contributed by atoms with van der Waals surface area (Å²) in [5.41, 5.74) is 0.146. The fourth-order valence-corrected chi connectivity index (χ4v) is 1.73. The smallest absolute Gasteiger partial charge is 0.253 e. The third-order valence-electron chi connectivity index (χ3n) is 2.71. The largest absolute Gasteiger partial charge is 0.356 e. The lowest BCUT2D eigenvalue weighted by Crippen LogP contribution is -2.13. The van der Waals surface area contributed by atoms with E-state index in [1.165, 1.54) is 38.2 Å². The van der Waals surface area contributed by atoms with Crippen LogP contribution in [0.4, 0.5) is 5.95 Å². The molecule has 0 aliphatic rings.